The smallest absolute Gasteiger partial charge is 0.303 e. The molecular weight excluding hydrogens is 350 g/mol. The van der Waals surface area contributed by atoms with Crippen LogP contribution in [0.5, 0.6) is 0 Å². The van der Waals surface area contributed by atoms with Crippen LogP contribution in [0.1, 0.15) is 61.1 Å². The molecule has 28 heavy (non-hydrogen) atoms. The maximum atomic E-state index is 12.7. The molecule has 0 amide bonds. The summed E-state index contributed by atoms with van der Waals surface area (Å²) in [7, 11) is 2.10. The van der Waals surface area contributed by atoms with Crippen molar-refractivity contribution in [2.24, 2.45) is 0 Å². The molecule has 0 N–H and O–H groups in total. The molecule has 1 fully saturated rings. The van der Waals surface area contributed by atoms with Crippen molar-refractivity contribution in [3.8, 4) is 0 Å². The van der Waals surface area contributed by atoms with Crippen molar-refractivity contribution in [3.05, 3.63) is 71.8 Å². The van der Waals surface area contributed by atoms with Crippen LogP contribution >= 0.6 is 0 Å². The highest BCUT2D eigenvalue weighted by Gasteiger charge is 2.32. The van der Waals surface area contributed by atoms with E-state index in [2.05, 4.69) is 11.9 Å². The number of likely N-dealkylation sites (tertiary alicyclic amines) is 1. The molecule has 1 aliphatic heterocycles. The summed E-state index contributed by atoms with van der Waals surface area (Å²) in [5.41, 5.74) is 1.80. The molecule has 0 radical (unpaired) electrons. The van der Waals surface area contributed by atoms with E-state index < -0.39 is 0 Å². The Morgan fingerprint density at radius 1 is 1.00 bits per heavy atom. The fraction of sp³-hybridized carbons (Fsp3) is 0.417. The second-order valence-electron chi connectivity index (χ2n) is 7.64. The number of hydrogen-bond donors (Lipinski definition) is 0. The van der Waals surface area contributed by atoms with Crippen LogP contribution in [0, 0.1) is 0 Å². The molecule has 2 aromatic carbocycles. The molecule has 1 saturated heterocycles. The van der Waals surface area contributed by atoms with Crippen molar-refractivity contribution in [2.45, 2.75) is 57.2 Å². The Kier molecular flexibility index (Phi) is 6.99. The Bertz CT molecular complexity index is 775. The number of ketones is 1. The van der Waals surface area contributed by atoms with Gasteiger partial charge in [-0.2, -0.15) is 0 Å². The van der Waals surface area contributed by atoms with E-state index >= 15 is 0 Å². The lowest BCUT2D eigenvalue weighted by atomic mass is 9.88. The average Bonchev–Trinajstić information content (AvgIpc) is 2.71. The van der Waals surface area contributed by atoms with Gasteiger partial charge in [0, 0.05) is 37.4 Å². The topological polar surface area (TPSA) is 46.6 Å². The van der Waals surface area contributed by atoms with Crippen LogP contribution < -0.4 is 0 Å². The summed E-state index contributed by atoms with van der Waals surface area (Å²) >= 11 is 0. The quantitative estimate of drug-likeness (QED) is 0.512. The third-order valence-electron chi connectivity index (χ3n) is 5.71. The molecular formula is C24H29NO3. The zero-order chi connectivity index (χ0) is 19.9. The number of Topliss-reactive ketones (excluding diaryl/α,β-unsaturated/α-hetero) is 1. The first-order chi connectivity index (χ1) is 13.5. The summed E-state index contributed by atoms with van der Waals surface area (Å²) in [4.78, 5) is 26.6. The molecule has 2 aromatic rings. The molecule has 3 atom stereocenters. The van der Waals surface area contributed by atoms with E-state index in [0.717, 1.165) is 36.8 Å². The van der Waals surface area contributed by atoms with Crippen molar-refractivity contribution in [1.82, 2.24) is 4.90 Å². The van der Waals surface area contributed by atoms with Gasteiger partial charge in [-0.1, -0.05) is 67.1 Å². The number of ether oxygens (including phenoxy) is 1. The van der Waals surface area contributed by atoms with Crippen molar-refractivity contribution >= 4 is 11.8 Å². The van der Waals surface area contributed by atoms with Gasteiger partial charge in [0.2, 0.25) is 0 Å². The van der Waals surface area contributed by atoms with Crippen molar-refractivity contribution in [1.29, 1.82) is 0 Å². The monoisotopic (exact) mass is 379 g/mol. The van der Waals surface area contributed by atoms with Crippen LogP contribution in [0.3, 0.4) is 0 Å². The predicted molar refractivity (Wildman–Crippen MR) is 110 cm³/mol. The summed E-state index contributed by atoms with van der Waals surface area (Å²) in [6, 6.07) is 19.9. The van der Waals surface area contributed by atoms with Crippen molar-refractivity contribution < 1.29 is 14.3 Å². The zero-order valence-electron chi connectivity index (χ0n) is 16.7. The fourth-order valence-electron chi connectivity index (χ4n) is 4.15. The molecule has 0 bridgehead atoms. The maximum Gasteiger partial charge on any atom is 0.303 e. The standard InChI is InChI=1S/C24H29NO3/c1-18(26)28-24(20-12-7-4-8-13-20)17-22-15-9-14-21(25(22)2)16-23(27)19-10-5-3-6-11-19/h3-8,10-13,21-22,24H,9,14-17H2,1-2H3. The van der Waals surface area contributed by atoms with Crippen molar-refractivity contribution in [2.75, 3.05) is 7.05 Å². The van der Waals surface area contributed by atoms with E-state index in [1.54, 1.807) is 0 Å². The second-order valence-corrected chi connectivity index (χ2v) is 7.64. The lowest BCUT2D eigenvalue weighted by Gasteiger charge is -2.40. The molecule has 148 valence electrons. The molecule has 3 rings (SSSR count). The third-order valence-corrected chi connectivity index (χ3v) is 5.71. The highest BCUT2D eigenvalue weighted by Crippen LogP contribution is 2.32. The van der Waals surface area contributed by atoms with E-state index in [9.17, 15) is 9.59 Å². The van der Waals surface area contributed by atoms with E-state index in [1.165, 1.54) is 6.92 Å². The van der Waals surface area contributed by atoms with Crippen LogP contribution in [0.4, 0.5) is 0 Å². The Balaban J connectivity index is 1.67. The van der Waals surface area contributed by atoms with Gasteiger partial charge in [0.25, 0.3) is 0 Å². The van der Waals surface area contributed by atoms with Gasteiger partial charge in [-0.3, -0.25) is 14.5 Å². The molecule has 1 aliphatic rings. The van der Waals surface area contributed by atoms with Gasteiger partial charge < -0.3 is 4.74 Å². The van der Waals surface area contributed by atoms with Gasteiger partial charge in [0.15, 0.2) is 5.78 Å². The van der Waals surface area contributed by atoms with Gasteiger partial charge in [0.05, 0.1) is 0 Å². The van der Waals surface area contributed by atoms with Crippen molar-refractivity contribution in [3.63, 3.8) is 0 Å². The van der Waals surface area contributed by atoms with Crippen LogP contribution in [-0.4, -0.2) is 35.8 Å². The largest absolute Gasteiger partial charge is 0.458 e. The minimum Gasteiger partial charge on any atom is -0.458 e. The molecule has 0 aromatic heterocycles. The van der Waals surface area contributed by atoms with Gasteiger partial charge in [0.1, 0.15) is 6.10 Å². The number of rotatable bonds is 7. The fourth-order valence-corrected chi connectivity index (χ4v) is 4.15. The van der Waals surface area contributed by atoms with Crippen LogP contribution in [0.2, 0.25) is 0 Å². The lowest BCUT2D eigenvalue weighted by Crippen LogP contribution is -2.45. The Morgan fingerprint density at radius 3 is 2.25 bits per heavy atom. The first-order valence-corrected chi connectivity index (χ1v) is 10.1. The van der Waals surface area contributed by atoms with Crippen LogP contribution in [-0.2, 0) is 9.53 Å². The number of carbonyl (C=O) groups excluding carboxylic acids is 2. The average molecular weight is 380 g/mol. The number of carbonyl (C=O) groups is 2. The normalized spacial score (nSPS) is 21.1. The molecule has 4 nitrogen and oxygen atoms in total. The zero-order valence-corrected chi connectivity index (χ0v) is 16.7. The number of benzene rings is 2. The SMILES string of the molecule is CC(=O)OC(CC1CCCC(CC(=O)c2ccccc2)N1C)c1ccccc1. The number of nitrogens with zero attached hydrogens (tertiary/aromatic N) is 1. The molecule has 3 unspecified atom stereocenters. The van der Waals surface area contributed by atoms with Crippen LogP contribution in [0.15, 0.2) is 60.7 Å². The first-order valence-electron chi connectivity index (χ1n) is 10.1. The highest BCUT2D eigenvalue weighted by molar-refractivity contribution is 5.96. The number of esters is 1. The summed E-state index contributed by atoms with van der Waals surface area (Å²) in [5.74, 6) is -0.0687. The maximum absolute atomic E-state index is 12.7. The lowest BCUT2D eigenvalue weighted by molar-refractivity contribution is -0.148. The molecule has 1 heterocycles. The summed E-state index contributed by atoms with van der Waals surface area (Å²) in [5, 5.41) is 0. The van der Waals surface area contributed by atoms with Gasteiger partial charge in [-0.05, 0) is 25.5 Å². The van der Waals surface area contributed by atoms with E-state index in [0.29, 0.717) is 6.42 Å². The predicted octanol–water partition coefficient (Wildman–Crippen LogP) is 4.81. The second kappa shape index (κ2) is 9.65. The Labute approximate surface area is 167 Å². The van der Waals surface area contributed by atoms with Gasteiger partial charge in [-0.15, -0.1) is 0 Å². The highest BCUT2D eigenvalue weighted by atomic mass is 16.5. The Hall–Kier alpha value is -2.46. The summed E-state index contributed by atoms with van der Waals surface area (Å²) in [6.45, 7) is 1.46. The van der Waals surface area contributed by atoms with Gasteiger partial charge >= 0.3 is 5.97 Å². The minimum absolute atomic E-state index is 0.192. The number of hydrogen-bond acceptors (Lipinski definition) is 4. The van der Waals surface area contributed by atoms with Gasteiger partial charge in [-0.25, -0.2) is 0 Å². The minimum atomic E-state index is -0.261. The van der Waals surface area contributed by atoms with E-state index in [-0.39, 0.29) is 29.9 Å². The van der Waals surface area contributed by atoms with E-state index in [4.69, 9.17) is 4.74 Å². The molecule has 0 spiro atoms. The summed E-state index contributed by atoms with van der Waals surface area (Å²) in [6.07, 6.45) is 4.18. The summed E-state index contributed by atoms with van der Waals surface area (Å²) < 4.78 is 5.64. The molecule has 4 heteroatoms. The Morgan fingerprint density at radius 2 is 1.61 bits per heavy atom. The van der Waals surface area contributed by atoms with E-state index in [1.807, 2.05) is 60.7 Å². The first kappa shape index (κ1) is 20.3. The molecule has 0 aliphatic carbocycles. The van der Waals surface area contributed by atoms with Crippen LogP contribution in [0.25, 0.3) is 0 Å². The number of piperidine rings is 1. The molecule has 0 saturated carbocycles. The third kappa shape index (κ3) is 5.29.